The van der Waals surface area contributed by atoms with E-state index >= 15 is 0 Å². The third-order valence-electron chi connectivity index (χ3n) is 3.71. The first-order valence-corrected chi connectivity index (χ1v) is 7.89. The monoisotopic (exact) mass is 344 g/mol. The van der Waals surface area contributed by atoms with Gasteiger partial charge in [0.1, 0.15) is 17.4 Å². The number of ketones is 1. The molecule has 1 heterocycles. The molecule has 0 saturated heterocycles. The molecule has 0 fully saturated rings. The molecule has 0 bridgehead atoms. The van der Waals surface area contributed by atoms with Crippen LogP contribution in [-0.4, -0.2) is 45.4 Å². The van der Waals surface area contributed by atoms with E-state index in [4.69, 9.17) is 4.74 Å². The first-order valence-electron chi connectivity index (χ1n) is 7.89. The molecule has 6 heteroatoms. The second-order valence-electron chi connectivity index (χ2n) is 5.98. The van der Waals surface area contributed by atoms with Crippen molar-refractivity contribution in [3.8, 4) is 17.6 Å². The largest absolute Gasteiger partial charge is 0.507 e. The molecule has 1 aliphatic heterocycles. The van der Waals surface area contributed by atoms with Crippen LogP contribution in [0.3, 0.4) is 0 Å². The van der Waals surface area contributed by atoms with Crippen molar-refractivity contribution in [2.24, 2.45) is 0 Å². The van der Waals surface area contributed by atoms with Gasteiger partial charge in [-0.05, 0) is 43.4 Å². The van der Waals surface area contributed by atoms with Crippen LogP contribution in [0.25, 0.3) is 6.08 Å². The van der Waals surface area contributed by atoms with Gasteiger partial charge in [-0.2, -0.15) is 0 Å². The van der Waals surface area contributed by atoms with Crippen molar-refractivity contribution in [1.29, 1.82) is 0 Å². The van der Waals surface area contributed by atoms with Crippen LogP contribution in [0.4, 0.5) is 0 Å². The molecule has 1 aromatic carbocycles. The van der Waals surface area contributed by atoms with E-state index in [0.29, 0.717) is 5.56 Å². The Morgan fingerprint density at radius 2 is 1.96 bits per heavy atom. The van der Waals surface area contributed by atoms with Gasteiger partial charge in [0.2, 0.25) is 5.78 Å². The number of phenols is 1. The van der Waals surface area contributed by atoms with Crippen LogP contribution >= 0.6 is 0 Å². The lowest BCUT2D eigenvalue weighted by atomic mass is 10.0. The van der Waals surface area contributed by atoms with E-state index in [1.165, 1.54) is 18.2 Å². The number of carbonyl (C=O) groups is 2. The third kappa shape index (κ3) is 4.69. The quantitative estimate of drug-likeness (QED) is 0.373. The fourth-order valence-corrected chi connectivity index (χ4v) is 2.43. The van der Waals surface area contributed by atoms with Gasteiger partial charge in [0.05, 0.1) is 6.10 Å². The number of fused-ring (bicyclic) bond motifs is 1. The van der Waals surface area contributed by atoms with E-state index in [2.05, 4.69) is 11.8 Å². The highest BCUT2D eigenvalue weighted by Crippen LogP contribution is 2.26. The Kier molecular flexibility index (Phi) is 5.97. The Balaban J connectivity index is 2.45. The second kappa shape index (κ2) is 7.97. The predicted molar refractivity (Wildman–Crippen MR) is 90.8 cm³/mol. The number of hydrogen-bond acceptors (Lipinski definition) is 6. The van der Waals surface area contributed by atoms with Gasteiger partial charge in [-0.1, -0.05) is 24.1 Å². The van der Waals surface area contributed by atoms with Crippen LogP contribution in [-0.2, 0) is 9.53 Å². The van der Waals surface area contributed by atoms with E-state index in [-0.39, 0.29) is 24.2 Å². The van der Waals surface area contributed by atoms with Crippen molar-refractivity contribution in [2.45, 2.75) is 45.0 Å². The van der Waals surface area contributed by atoms with Crippen LogP contribution in [0.5, 0.6) is 5.75 Å². The number of aliphatic hydroxyl groups excluding tert-OH is 2. The van der Waals surface area contributed by atoms with Gasteiger partial charge in [0.25, 0.3) is 0 Å². The lowest BCUT2D eigenvalue weighted by molar-refractivity contribution is -0.126. The first kappa shape index (κ1) is 18.7. The Morgan fingerprint density at radius 3 is 2.68 bits per heavy atom. The van der Waals surface area contributed by atoms with E-state index in [9.17, 15) is 24.9 Å². The minimum atomic E-state index is -1.61. The number of Topliss-reactive ketones (excluding diaryl/α,β-unsaturated/α-hetero) is 1. The Morgan fingerprint density at radius 1 is 1.24 bits per heavy atom. The topological polar surface area (TPSA) is 104 Å². The smallest absolute Gasteiger partial charge is 0.342 e. The summed E-state index contributed by atoms with van der Waals surface area (Å²) in [4.78, 5) is 24.1. The van der Waals surface area contributed by atoms with Gasteiger partial charge in [0, 0.05) is 6.42 Å². The molecule has 2 rings (SSSR count). The fourth-order valence-electron chi connectivity index (χ4n) is 2.43. The number of aryl methyl sites for hydroxylation is 1. The summed E-state index contributed by atoms with van der Waals surface area (Å²) in [6.07, 6.45) is -0.432. The summed E-state index contributed by atoms with van der Waals surface area (Å²) in [5, 5.41) is 29.8. The summed E-state index contributed by atoms with van der Waals surface area (Å²) >= 11 is 0. The number of phenolic OH excluding ortho intramolecular Hbond substituents is 1. The highest BCUT2D eigenvalue weighted by atomic mass is 16.5. The summed E-state index contributed by atoms with van der Waals surface area (Å²) < 4.78 is 5.27. The van der Waals surface area contributed by atoms with E-state index < -0.39 is 30.1 Å². The van der Waals surface area contributed by atoms with Crippen molar-refractivity contribution in [3.63, 3.8) is 0 Å². The predicted octanol–water partition coefficient (Wildman–Crippen LogP) is 1.35. The lowest BCUT2D eigenvalue weighted by Crippen LogP contribution is -2.32. The van der Waals surface area contributed by atoms with Crippen LogP contribution in [0.15, 0.2) is 18.2 Å². The van der Waals surface area contributed by atoms with Gasteiger partial charge in [0.15, 0.2) is 6.10 Å². The highest BCUT2D eigenvalue weighted by molar-refractivity contribution is 5.99. The van der Waals surface area contributed by atoms with Crippen LogP contribution in [0.1, 0.15) is 41.3 Å². The van der Waals surface area contributed by atoms with E-state index in [1.807, 2.05) is 0 Å². The minimum Gasteiger partial charge on any atom is -0.507 e. The summed E-state index contributed by atoms with van der Waals surface area (Å²) in [5.41, 5.74) is 1.18. The molecule has 0 spiro atoms. The van der Waals surface area contributed by atoms with Crippen LogP contribution in [0, 0.1) is 18.8 Å². The summed E-state index contributed by atoms with van der Waals surface area (Å²) in [7, 11) is 0. The van der Waals surface area contributed by atoms with Crippen molar-refractivity contribution >= 4 is 17.8 Å². The summed E-state index contributed by atoms with van der Waals surface area (Å²) in [6, 6.07) is 3.15. The SMILES string of the molecule is Cc1cc(O)c2c(c1)/C=C/C[C@H](O)[C@H](O)C(=O)C#CC[C@H](C)OC2=O. The zero-order valence-corrected chi connectivity index (χ0v) is 14.0. The maximum Gasteiger partial charge on any atom is 0.342 e. The average molecular weight is 344 g/mol. The standard InChI is InChI=1S/C19H20O6/c1-11-9-13-6-4-8-15(21)18(23)14(20)7-3-5-12(2)25-19(24)17(13)16(22)10-11/h4,6,9-10,12,15,18,21-23H,5,8H2,1-2H3/b6-4+/t12-,15-,18+/m0/s1. The molecule has 0 amide bonds. The number of benzene rings is 1. The Bertz CT molecular complexity index is 768. The summed E-state index contributed by atoms with van der Waals surface area (Å²) in [6.45, 7) is 3.37. The molecule has 6 nitrogen and oxygen atoms in total. The zero-order chi connectivity index (χ0) is 18.6. The van der Waals surface area contributed by atoms with Crippen molar-refractivity contribution in [3.05, 3.63) is 34.9 Å². The number of aromatic hydroxyl groups is 1. The molecule has 3 atom stereocenters. The number of ether oxygens (including phenoxy) is 1. The molecule has 0 saturated carbocycles. The van der Waals surface area contributed by atoms with Gasteiger partial charge in [-0.3, -0.25) is 4.79 Å². The second-order valence-corrected chi connectivity index (χ2v) is 5.98. The maximum atomic E-state index is 12.4. The van der Waals surface area contributed by atoms with Gasteiger partial charge in [-0.25, -0.2) is 4.79 Å². The van der Waals surface area contributed by atoms with E-state index in [1.54, 1.807) is 19.9 Å². The molecule has 0 aliphatic carbocycles. The summed E-state index contributed by atoms with van der Waals surface area (Å²) in [5.74, 6) is 3.08. The van der Waals surface area contributed by atoms with Crippen LogP contribution in [0.2, 0.25) is 0 Å². The fraction of sp³-hybridized carbons (Fsp3) is 0.368. The van der Waals surface area contributed by atoms with Gasteiger partial charge < -0.3 is 20.1 Å². The van der Waals surface area contributed by atoms with Crippen molar-refractivity contribution in [2.75, 3.05) is 0 Å². The molecule has 0 radical (unpaired) electrons. The van der Waals surface area contributed by atoms with E-state index in [0.717, 1.165) is 5.56 Å². The first-order chi connectivity index (χ1) is 11.8. The number of aliphatic hydroxyl groups is 2. The molecule has 0 unspecified atom stereocenters. The Labute approximate surface area is 145 Å². The van der Waals surface area contributed by atoms with Crippen LogP contribution < -0.4 is 0 Å². The van der Waals surface area contributed by atoms with Gasteiger partial charge in [-0.15, -0.1) is 0 Å². The molecule has 1 aliphatic rings. The number of hydrogen-bond donors (Lipinski definition) is 3. The minimum absolute atomic E-state index is 0.0184. The molecule has 0 aromatic heterocycles. The number of cyclic esters (lactones) is 1. The zero-order valence-electron chi connectivity index (χ0n) is 14.0. The molecule has 25 heavy (non-hydrogen) atoms. The molecular formula is C19H20O6. The van der Waals surface area contributed by atoms with Crippen molar-refractivity contribution in [1.82, 2.24) is 0 Å². The van der Waals surface area contributed by atoms with Crippen molar-refractivity contribution < 1.29 is 29.6 Å². The molecule has 1 aromatic rings. The highest BCUT2D eigenvalue weighted by Gasteiger charge is 2.23. The molecule has 3 N–H and O–H groups in total. The number of rotatable bonds is 0. The number of carbonyl (C=O) groups excluding carboxylic acids is 2. The normalized spacial score (nSPS) is 25.8. The molecular weight excluding hydrogens is 324 g/mol. The average Bonchev–Trinajstić information content (AvgIpc) is 2.52. The third-order valence-corrected chi connectivity index (χ3v) is 3.71. The van der Waals surface area contributed by atoms with Gasteiger partial charge >= 0.3 is 5.97 Å². The molecule has 132 valence electrons. The lowest BCUT2D eigenvalue weighted by Gasteiger charge is -2.15. The Hall–Kier alpha value is -2.62. The maximum absolute atomic E-state index is 12.4. The number of esters is 1.